The SMILES string of the molecule is CCOC(CC)(CC)C(NN)c1cncc(C)c1. The van der Waals surface area contributed by atoms with Crippen molar-refractivity contribution in [1.82, 2.24) is 10.4 Å². The lowest BCUT2D eigenvalue weighted by Gasteiger charge is -2.39. The highest BCUT2D eigenvalue weighted by molar-refractivity contribution is 5.23. The van der Waals surface area contributed by atoms with Gasteiger partial charge in [-0.15, -0.1) is 0 Å². The van der Waals surface area contributed by atoms with Crippen molar-refractivity contribution in [1.29, 1.82) is 0 Å². The number of ether oxygens (including phenoxy) is 1. The second-order valence-corrected chi connectivity index (χ2v) is 4.60. The van der Waals surface area contributed by atoms with Crippen LogP contribution in [0, 0.1) is 6.92 Å². The molecule has 0 radical (unpaired) electrons. The number of hydrazine groups is 1. The summed E-state index contributed by atoms with van der Waals surface area (Å²) in [6, 6.07) is 2.07. The van der Waals surface area contributed by atoms with E-state index in [4.69, 9.17) is 10.6 Å². The average molecular weight is 251 g/mol. The fraction of sp³-hybridized carbons (Fsp3) is 0.643. The Morgan fingerprint density at radius 2 is 2.00 bits per heavy atom. The molecule has 0 spiro atoms. The molecule has 102 valence electrons. The van der Waals surface area contributed by atoms with Gasteiger partial charge < -0.3 is 4.74 Å². The molecule has 0 aliphatic heterocycles. The number of hydrogen-bond acceptors (Lipinski definition) is 4. The zero-order valence-electron chi connectivity index (χ0n) is 11.9. The fourth-order valence-electron chi connectivity index (χ4n) is 2.52. The summed E-state index contributed by atoms with van der Waals surface area (Å²) in [6.45, 7) is 8.99. The molecule has 1 heterocycles. The Balaban J connectivity index is 3.13. The van der Waals surface area contributed by atoms with Gasteiger partial charge in [-0.2, -0.15) is 0 Å². The highest BCUT2D eigenvalue weighted by Crippen LogP contribution is 2.34. The largest absolute Gasteiger partial charge is 0.373 e. The molecule has 0 bridgehead atoms. The normalized spacial score (nSPS) is 13.6. The Hall–Kier alpha value is -0.970. The molecule has 1 rings (SSSR count). The van der Waals surface area contributed by atoms with Gasteiger partial charge in [0.15, 0.2) is 0 Å². The van der Waals surface area contributed by atoms with Gasteiger partial charge in [0.2, 0.25) is 0 Å². The first kappa shape index (κ1) is 15.1. The number of rotatable bonds is 7. The maximum absolute atomic E-state index is 6.00. The predicted octanol–water partition coefficient (Wildman–Crippen LogP) is 2.49. The Morgan fingerprint density at radius 1 is 1.33 bits per heavy atom. The van der Waals surface area contributed by atoms with Crippen molar-refractivity contribution in [2.24, 2.45) is 5.84 Å². The molecule has 0 amide bonds. The third-order valence-electron chi connectivity index (χ3n) is 3.55. The van der Waals surface area contributed by atoms with Crippen molar-refractivity contribution in [2.45, 2.75) is 52.2 Å². The summed E-state index contributed by atoms with van der Waals surface area (Å²) < 4.78 is 6.00. The van der Waals surface area contributed by atoms with Crippen molar-refractivity contribution in [3.8, 4) is 0 Å². The molecule has 0 fully saturated rings. The van der Waals surface area contributed by atoms with Gasteiger partial charge in [-0.1, -0.05) is 19.9 Å². The molecule has 1 unspecified atom stereocenters. The first-order valence-electron chi connectivity index (χ1n) is 6.65. The monoisotopic (exact) mass is 251 g/mol. The third kappa shape index (κ3) is 3.07. The third-order valence-corrected chi connectivity index (χ3v) is 3.55. The van der Waals surface area contributed by atoms with Crippen LogP contribution >= 0.6 is 0 Å². The van der Waals surface area contributed by atoms with Crippen LogP contribution in [0.1, 0.15) is 50.8 Å². The molecule has 0 aliphatic carbocycles. The standard InChI is InChI=1S/C14H25N3O/c1-5-14(6-2,18-7-3)13(17-15)12-8-11(4)9-16-10-12/h8-10,13,17H,5-7,15H2,1-4H3. The summed E-state index contributed by atoms with van der Waals surface area (Å²) in [4.78, 5) is 4.24. The van der Waals surface area contributed by atoms with Crippen LogP contribution in [0.5, 0.6) is 0 Å². The zero-order chi connectivity index (χ0) is 13.6. The Bertz CT molecular complexity index is 364. The first-order chi connectivity index (χ1) is 8.63. The molecule has 1 aromatic heterocycles. The number of nitrogens with two attached hydrogens (primary N) is 1. The van der Waals surface area contributed by atoms with E-state index in [-0.39, 0.29) is 11.6 Å². The van der Waals surface area contributed by atoms with E-state index in [0.29, 0.717) is 6.61 Å². The quantitative estimate of drug-likeness (QED) is 0.577. The van der Waals surface area contributed by atoms with Gasteiger partial charge in [0, 0.05) is 19.0 Å². The highest BCUT2D eigenvalue weighted by atomic mass is 16.5. The van der Waals surface area contributed by atoms with Gasteiger partial charge in [0.25, 0.3) is 0 Å². The smallest absolute Gasteiger partial charge is 0.0884 e. The molecule has 1 atom stereocenters. The second kappa shape index (κ2) is 6.83. The summed E-state index contributed by atoms with van der Waals surface area (Å²) in [6.07, 6.45) is 5.51. The lowest BCUT2D eigenvalue weighted by Crippen LogP contribution is -2.48. The number of nitrogens with one attached hydrogen (secondary N) is 1. The van der Waals surface area contributed by atoms with Crippen molar-refractivity contribution in [3.05, 3.63) is 29.6 Å². The first-order valence-corrected chi connectivity index (χ1v) is 6.65. The fourth-order valence-corrected chi connectivity index (χ4v) is 2.52. The maximum Gasteiger partial charge on any atom is 0.0884 e. The molecular weight excluding hydrogens is 226 g/mol. The van der Waals surface area contributed by atoms with Crippen LogP contribution in [0.3, 0.4) is 0 Å². The summed E-state index contributed by atoms with van der Waals surface area (Å²) in [5.74, 6) is 5.76. The minimum Gasteiger partial charge on any atom is -0.373 e. The summed E-state index contributed by atoms with van der Waals surface area (Å²) >= 11 is 0. The highest BCUT2D eigenvalue weighted by Gasteiger charge is 2.37. The van der Waals surface area contributed by atoms with Crippen molar-refractivity contribution >= 4 is 0 Å². The van der Waals surface area contributed by atoms with E-state index in [9.17, 15) is 0 Å². The molecule has 1 aromatic rings. The number of nitrogens with zero attached hydrogens (tertiary/aromatic N) is 1. The van der Waals surface area contributed by atoms with Crippen molar-refractivity contribution in [3.63, 3.8) is 0 Å². The van der Waals surface area contributed by atoms with Gasteiger partial charge >= 0.3 is 0 Å². The summed E-state index contributed by atoms with van der Waals surface area (Å²) in [5.41, 5.74) is 4.84. The van der Waals surface area contributed by atoms with E-state index in [0.717, 1.165) is 24.0 Å². The van der Waals surface area contributed by atoms with Gasteiger partial charge in [0.05, 0.1) is 11.6 Å². The lowest BCUT2D eigenvalue weighted by atomic mass is 9.84. The van der Waals surface area contributed by atoms with Gasteiger partial charge in [-0.3, -0.25) is 16.3 Å². The lowest BCUT2D eigenvalue weighted by molar-refractivity contribution is -0.0734. The van der Waals surface area contributed by atoms with Crippen LogP contribution in [0.15, 0.2) is 18.5 Å². The Kier molecular flexibility index (Phi) is 5.72. The van der Waals surface area contributed by atoms with E-state index >= 15 is 0 Å². The molecule has 4 nitrogen and oxygen atoms in total. The van der Waals surface area contributed by atoms with E-state index in [1.807, 2.05) is 26.2 Å². The van der Waals surface area contributed by atoms with Gasteiger partial charge in [-0.05, 0) is 37.8 Å². The van der Waals surface area contributed by atoms with Crippen molar-refractivity contribution in [2.75, 3.05) is 6.61 Å². The molecule has 4 heteroatoms. The number of pyridine rings is 1. The molecule has 0 aromatic carbocycles. The van der Waals surface area contributed by atoms with E-state index < -0.39 is 0 Å². The molecule has 18 heavy (non-hydrogen) atoms. The number of aromatic nitrogens is 1. The number of aryl methyl sites for hydroxylation is 1. The number of hydrogen-bond donors (Lipinski definition) is 2. The maximum atomic E-state index is 6.00. The van der Waals surface area contributed by atoms with Crippen LogP contribution in [-0.4, -0.2) is 17.2 Å². The van der Waals surface area contributed by atoms with Crippen LogP contribution in [0.2, 0.25) is 0 Å². The predicted molar refractivity (Wildman–Crippen MR) is 74.0 cm³/mol. The molecule has 0 aliphatic rings. The Morgan fingerprint density at radius 3 is 2.44 bits per heavy atom. The molecule has 3 N–H and O–H groups in total. The molecule has 0 saturated heterocycles. The van der Waals surface area contributed by atoms with Crippen LogP contribution < -0.4 is 11.3 Å². The Labute approximate surface area is 110 Å². The average Bonchev–Trinajstić information content (AvgIpc) is 2.38. The topological polar surface area (TPSA) is 60.2 Å². The van der Waals surface area contributed by atoms with Crippen LogP contribution in [-0.2, 0) is 4.74 Å². The van der Waals surface area contributed by atoms with Gasteiger partial charge in [0.1, 0.15) is 0 Å². The van der Waals surface area contributed by atoms with Gasteiger partial charge in [-0.25, -0.2) is 0 Å². The van der Waals surface area contributed by atoms with Crippen LogP contribution in [0.4, 0.5) is 0 Å². The minimum absolute atomic E-state index is 0.0418. The molecule has 0 saturated carbocycles. The molecular formula is C14H25N3O. The van der Waals surface area contributed by atoms with E-state index in [1.165, 1.54) is 0 Å². The minimum atomic E-state index is -0.279. The summed E-state index contributed by atoms with van der Waals surface area (Å²) in [7, 11) is 0. The zero-order valence-corrected chi connectivity index (χ0v) is 11.9. The van der Waals surface area contributed by atoms with Crippen LogP contribution in [0.25, 0.3) is 0 Å². The van der Waals surface area contributed by atoms with E-state index in [2.05, 4.69) is 30.3 Å². The summed E-state index contributed by atoms with van der Waals surface area (Å²) in [5, 5.41) is 0. The second-order valence-electron chi connectivity index (χ2n) is 4.60. The van der Waals surface area contributed by atoms with Crippen molar-refractivity contribution < 1.29 is 4.74 Å². The van der Waals surface area contributed by atoms with E-state index in [1.54, 1.807) is 0 Å².